The van der Waals surface area contributed by atoms with Crippen molar-refractivity contribution >= 4 is 23.6 Å². The molecule has 0 aliphatic rings. The van der Waals surface area contributed by atoms with E-state index in [0.29, 0.717) is 11.8 Å². The molecule has 3 rings (SSSR count). The van der Waals surface area contributed by atoms with Crippen molar-refractivity contribution in [1.82, 2.24) is 19.7 Å². The highest BCUT2D eigenvalue weighted by Crippen LogP contribution is 2.35. The summed E-state index contributed by atoms with van der Waals surface area (Å²) in [4.78, 5) is 28.9. The molecule has 0 amide bonds. The van der Waals surface area contributed by atoms with Crippen LogP contribution in [0.15, 0.2) is 42.9 Å². The fraction of sp³-hybridized carbons (Fsp3) is 0.0667. The van der Waals surface area contributed by atoms with Crippen molar-refractivity contribution in [2.24, 2.45) is 0 Å². The van der Waals surface area contributed by atoms with Gasteiger partial charge in [0, 0.05) is 30.6 Å². The highest BCUT2D eigenvalue weighted by atomic mass is 19.2. The monoisotopic (exact) mass is 358 g/mol. The summed E-state index contributed by atoms with van der Waals surface area (Å²) in [6.07, 6.45) is 4.64. The third-order valence-electron chi connectivity index (χ3n) is 3.36. The smallest absolute Gasteiger partial charge is 0.271 e. The molecule has 10 nitrogen and oxygen atoms in total. The van der Waals surface area contributed by atoms with Crippen LogP contribution in [0.1, 0.15) is 10.4 Å². The molecule has 0 radical (unpaired) electrons. The van der Waals surface area contributed by atoms with E-state index in [9.17, 15) is 19.4 Å². The molecule has 0 N–H and O–H groups in total. The van der Waals surface area contributed by atoms with Crippen LogP contribution in [0.25, 0.3) is 5.82 Å². The third-order valence-corrected chi connectivity index (χ3v) is 3.36. The van der Waals surface area contributed by atoms with Crippen molar-refractivity contribution in [3.05, 3.63) is 58.5 Å². The van der Waals surface area contributed by atoms with Crippen molar-refractivity contribution < 1.29 is 18.9 Å². The Hall–Kier alpha value is -3.89. The number of benzene rings is 1. The Morgan fingerprint density at radius 2 is 2.19 bits per heavy atom. The quantitative estimate of drug-likeness (QED) is 0.285. The predicted octanol–water partition coefficient (Wildman–Crippen LogP) is 2.41. The summed E-state index contributed by atoms with van der Waals surface area (Å²) in [6, 6.07) is 4.93. The highest BCUT2D eigenvalue weighted by Gasteiger charge is 2.21. The molecule has 2 heterocycles. The second-order valence-corrected chi connectivity index (χ2v) is 4.95. The van der Waals surface area contributed by atoms with Crippen LogP contribution in [-0.2, 0) is 0 Å². The van der Waals surface area contributed by atoms with Crippen LogP contribution < -0.4 is 9.86 Å². The molecule has 0 aliphatic heterocycles. The normalized spacial score (nSPS) is 10.4. The lowest BCUT2D eigenvalue weighted by molar-refractivity contribution is -0.384. The minimum Gasteiger partial charge on any atom is -0.494 e. The Bertz CT molecular complexity index is 976. The standard InChI is InChI=1S/C15H11FN6O4/c1-26-13-3-2-11(22(24)25)6-12(13)21(16)15-17-5-4-14(19-15)20-8-10(9-23)7-18-20/h2-9H,1H3. The molecule has 0 atom stereocenters. The molecule has 132 valence electrons. The molecule has 0 bridgehead atoms. The molecule has 2 aromatic heterocycles. The van der Waals surface area contributed by atoms with Gasteiger partial charge in [0.05, 0.1) is 23.8 Å². The average Bonchev–Trinajstić information content (AvgIpc) is 3.16. The molecule has 3 aromatic rings. The van der Waals surface area contributed by atoms with Crippen molar-refractivity contribution in [3.8, 4) is 11.6 Å². The molecule has 26 heavy (non-hydrogen) atoms. The maximum Gasteiger partial charge on any atom is 0.271 e. The average molecular weight is 358 g/mol. The maximum atomic E-state index is 14.8. The van der Waals surface area contributed by atoms with Gasteiger partial charge in [0.2, 0.25) is 0 Å². The first kappa shape index (κ1) is 17.0. The van der Waals surface area contributed by atoms with Crippen molar-refractivity contribution in [2.75, 3.05) is 12.2 Å². The lowest BCUT2D eigenvalue weighted by atomic mass is 10.2. The van der Waals surface area contributed by atoms with Gasteiger partial charge < -0.3 is 4.74 Å². The van der Waals surface area contributed by atoms with Gasteiger partial charge in [0.1, 0.15) is 11.4 Å². The largest absolute Gasteiger partial charge is 0.494 e. The van der Waals surface area contributed by atoms with Crippen LogP contribution >= 0.6 is 0 Å². The zero-order valence-electron chi connectivity index (χ0n) is 13.3. The first-order chi connectivity index (χ1) is 12.5. The number of halogens is 1. The Morgan fingerprint density at radius 3 is 2.85 bits per heavy atom. The summed E-state index contributed by atoms with van der Waals surface area (Å²) in [5.41, 5.74) is -0.224. The van der Waals surface area contributed by atoms with E-state index in [1.807, 2.05) is 0 Å². The van der Waals surface area contributed by atoms with E-state index < -0.39 is 4.92 Å². The molecule has 0 spiro atoms. The second kappa shape index (κ2) is 6.93. The van der Waals surface area contributed by atoms with Crippen LogP contribution in [0, 0.1) is 10.1 Å². The molecular weight excluding hydrogens is 347 g/mol. The summed E-state index contributed by atoms with van der Waals surface area (Å²) < 4.78 is 21.2. The number of nitro benzene ring substituents is 1. The summed E-state index contributed by atoms with van der Waals surface area (Å²) >= 11 is 0. The Morgan fingerprint density at radius 1 is 1.38 bits per heavy atom. The van der Waals surface area contributed by atoms with E-state index in [-0.39, 0.29) is 34.0 Å². The number of nitro groups is 1. The number of non-ortho nitro benzene ring substituents is 1. The minimum atomic E-state index is -0.654. The van der Waals surface area contributed by atoms with Gasteiger partial charge in [-0.3, -0.25) is 14.9 Å². The lowest BCUT2D eigenvalue weighted by Crippen LogP contribution is -2.11. The topological polar surface area (TPSA) is 116 Å². The first-order valence-electron chi connectivity index (χ1n) is 7.15. The van der Waals surface area contributed by atoms with Crippen LogP contribution in [0.2, 0.25) is 0 Å². The molecule has 0 unspecified atom stereocenters. The Labute approximate surface area is 145 Å². The van der Waals surface area contributed by atoms with Gasteiger partial charge in [0.25, 0.3) is 11.6 Å². The first-order valence-corrected chi connectivity index (χ1v) is 7.15. The zero-order valence-corrected chi connectivity index (χ0v) is 13.3. The lowest BCUT2D eigenvalue weighted by Gasteiger charge is -2.15. The predicted molar refractivity (Wildman–Crippen MR) is 87.4 cm³/mol. The number of ether oxygens (including phenoxy) is 1. The summed E-state index contributed by atoms with van der Waals surface area (Å²) in [7, 11) is 1.31. The molecule has 11 heteroatoms. The number of rotatable bonds is 6. The number of hydrogen-bond donors (Lipinski definition) is 0. The number of hydrogen-bond acceptors (Lipinski definition) is 8. The summed E-state index contributed by atoms with van der Waals surface area (Å²) in [5, 5.41) is 14.9. The van der Waals surface area contributed by atoms with E-state index in [2.05, 4.69) is 15.1 Å². The van der Waals surface area contributed by atoms with Gasteiger partial charge in [-0.1, -0.05) is 4.48 Å². The van der Waals surface area contributed by atoms with E-state index in [1.165, 1.54) is 48.6 Å². The number of carbonyl (C=O) groups excluding carboxylic acids is 1. The van der Waals surface area contributed by atoms with Crippen LogP contribution in [0.3, 0.4) is 0 Å². The van der Waals surface area contributed by atoms with Crippen LogP contribution in [-0.4, -0.2) is 38.1 Å². The fourth-order valence-corrected chi connectivity index (χ4v) is 2.14. The van der Waals surface area contributed by atoms with Gasteiger partial charge in [-0.15, -0.1) is 5.12 Å². The van der Waals surface area contributed by atoms with E-state index in [1.54, 1.807) is 0 Å². The summed E-state index contributed by atoms with van der Waals surface area (Å²) in [5.74, 6) is -0.117. The third kappa shape index (κ3) is 3.17. The Kier molecular flexibility index (Phi) is 4.51. The SMILES string of the molecule is COc1ccc([N+](=O)[O-])cc1N(F)c1nccc(-n2cc(C=O)cn2)n1. The molecule has 0 saturated heterocycles. The van der Waals surface area contributed by atoms with Gasteiger partial charge in [-0.2, -0.15) is 10.1 Å². The fourth-order valence-electron chi connectivity index (χ4n) is 2.14. The number of carbonyl (C=O) groups is 1. The number of methoxy groups -OCH3 is 1. The van der Waals surface area contributed by atoms with Crippen molar-refractivity contribution in [1.29, 1.82) is 0 Å². The maximum absolute atomic E-state index is 14.8. The van der Waals surface area contributed by atoms with Gasteiger partial charge in [-0.25, -0.2) is 9.67 Å². The van der Waals surface area contributed by atoms with E-state index in [4.69, 9.17) is 4.74 Å². The van der Waals surface area contributed by atoms with Crippen molar-refractivity contribution in [2.45, 2.75) is 0 Å². The second-order valence-electron chi connectivity index (χ2n) is 4.95. The number of nitrogens with zero attached hydrogens (tertiary/aromatic N) is 6. The number of aromatic nitrogens is 4. The van der Waals surface area contributed by atoms with Crippen LogP contribution in [0.4, 0.5) is 21.8 Å². The molecule has 0 saturated carbocycles. The van der Waals surface area contributed by atoms with Crippen molar-refractivity contribution in [3.63, 3.8) is 0 Å². The Balaban J connectivity index is 2.01. The van der Waals surface area contributed by atoms with Gasteiger partial charge in [0.15, 0.2) is 12.1 Å². The van der Waals surface area contributed by atoms with Gasteiger partial charge in [-0.05, 0) is 6.07 Å². The summed E-state index contributed by atoms with van der Waals surface area (Å²) in [6.45, 7) is 0. The molecule has 0 aliphatic carbocycles. The zero-order chi connectivity index (χ0) is 18.7. The number of aldehydes is 1. The van der Waals surface area contributed by atoms with E-state index in [0.717, 1.165) is 6.07 Å². The number of anilines is 2. The van der Waals surface area contributed by atoms with E-state index >= 15 is 0 Å². The highest BCUT2D eigenvalue weighted by molar-refractivity contribution is 5.73. The molecule has 0 fully saturated rings. The molecule has 1 aromatic carbocycles. The van der Waals surface area contributed by atoms with Gasteiger partial charge >= 0.3 is 0 Å². The molecular formula is C15H11FN6O4. The minimum absolute atomic E-state index is 0.0643. The van der Waals surface area contributed by atoms with Crippen LogP contribution in [0.5, 0.6) is 5.75 Å².